The molecule has 3 amide bonds. The van der Waals surface area contributed by atoms with E-state index in [9.17, 15) is 22.8 Å². The molecule has 3 heterocycles. The highest BCUT2D eigenvalue weighted by Gasteiger charge is 2.85. The number of carbonyl (C=O) groups excluding carboxylic acids is 5. The predicted octanol–water partition coefficient (Wildman–Crippen LogP) is 6.73. The number of fused-ring (bicyclic) bond motifs is 1. The molecule has 3 saturated heterocycles. The molecule has 12 nitrogen and oxygen atoms in total. The molecule has 1 unspecified atom stereocenters. The van der Waals surface area contributed by atoms with Gasteiger partial charge in [-0.05, 0) is 112 Å². The molecule has 7 fully saturated rings. The van der Waals surface area contributed by atoms with Crippen LogP contribution in [0.4, 0.5) is 0 Å². The highest BCUT2D eigenvalue weighted by atomic mass is 32.2. The lowest BCUT2D eigenvalue weighted by atomic mass is 9.67. The Morgan fingerprint density at radius 1 is 0.820 bits per heavy atom. The van der Waals surface area contributed by atoms with Gasteiger partial charge in [0.25, 0.3) is 0 Å². The first-order valence-electron chi connectivity index (χ1n) is 23.9. The number of nitrogens with one attached hydrogen (secondary N) is 2. The molecule has 4 saturated carbocycles. The number of piperidine rings is 1. The first-order chi connectivity index (χ1) is 28.5. The fraction of sp³-hybridized carbons (Fsp3) is 0.854. The first kappa shape index (κ1) is 46.4. The number of nitrogens with zero attached hydrogens (tertiary/aromatic N) is 3. The topological polar surface area (TPSA) is 153 Å². The summed E-state index contributed by atoms with van der Waals surface area (Å²) in [6, 6.07) is -1.65. The molecule has 2 spiro atoms. The van der Waals surface area contributed by atoms with Crippen molar-refractivity contribution >= 4 is 39.5 Å². The maximum Gasteiger partial charge on any atom is 0.303 e. The van der Waals surface area contributed by atoms with E-state index in [1.54, 1.807) is 11.0 Å². The van der Waals surface area contributed by atoms with Crippen LogP contribution in [0.2, 0.25) is 0 Å². The smallest absolute Gasteiger partial charge is 0.303 e. The van der Waals surface area contributed by atoms with Gasteiger partial charge in [0.2, 0.25) is 17.7 Å². The molecule has 0 aromatic carbocycles. The van der Waals surface area contributed by atoms with Crippen LogP contribution in [-0.2, 0) is 34.2 Å². The molecule has 13 heteroatoms. The minimum absolute atomic E-state index is 0.0245. The molecule has 7 rings (SSSR count). The Morgan fingerprint density at radius 3 is 2.00 bits per heavy atom. The lowest BCUT2D eigenvalue weighted by Gasteiger charge is -2.43. The second kappa shape index (κ2) is 16.4. The number of Topliss-reactive ketones (excluding diaryl/α,β-unsaturated/α-hetero) is 2. The van der Waals surface area contributed by atoms with E-state index < -0.39 is 50.4 Å². The lowest BCUT2D eigenvalue weighted by molar-refractivity contribution is -0.147. The summed E-state index contributed by atoms with van der Waals surface area (Å²) in [5.41, 5.74) is -2.70. The van der Waals surface area contributed by atoms with Gasteiger partial charge >= 0.3 is 10.2 Å². The van der Waals surface area contributed by atoms with E-state index in [1.807, 2.05) is 20.8 Å². The number of hydrogen-bond acceptors (Lipinski definition) is 8. The molecular formula is C48H77N5O7S. The maximum absolute atomic E-state index is 15.5. The highest BCUT2D eigenvalue weighted by molar-refractivity contribution is 7.87. The van der Waals surface area contributed by atoms with Gasteiger partial charge in [0.05, 0.1) is 23.5 Å². The third-order valence-corrected chi connectivity index (χ3v) is 19.5. The normalized spacial score (nSPS) is 32.9. The number of rotatable bonds is 15. The summed E-state index contributed by atoms with van der Waals surface area (Å²) >= 11 is 0. The van der Waals surface area contributed by atoms with Crippen LogP contribution in [0.5, 0.6) is 0 Å². The van der Waals surface area contributed by atoms with E-state index in [0.29, 0.717) is 32.5 Å². The summed E-state index contributed by atoms with van der Waals surface area (Å²) in [5.74, 6) is -2.50. The molecule has 0 aromatic heterocycles. The quantitative estimate of drug-likeness (QED) is 0.172. The first-order valence-corrected chi connectivity index (χ1v) is 25.3. The van der Waals surface area contributed by atoms with E-state index in [2.05, 4.69) is 56.1 Å². The second-order valence-corrected chi connectivity index (χ2v) is 24.5. The van der Waals surface area contributed by atoms with Crippen molar-refractivity contribution < 1.29 is 32.4 Å². The molecule has 342 valence electrons. The van der Waals surface area contributed by atoms with Crippen LogP contribution in [-0.4, -0.2) is 102 Å². The molecular weight excluding hydrogens is 791 g/mol. The molecule has 0 aromatic rings. The number of ketones is 2. The van der Waals surface area contributed by atoms with Gasteiger partial charge in [-0.1, -0.05) is 79.7 Å². The minimum Gasteiger partial charge on any atom is -0.344 e. The third kappa shape index (κ3) is 7.88. The Labute approximate surface area is 366 Å². The van der Waals surface area contributed by atoms with Gasteiger partial charge in [0, 0.05) is 49.9 Å². The zero-order valence-electron chi connectivity index (χ0n) is 38.7. The number of carbonyl (C=O) groups is 5. The summed E-state index contributed by atoms with van der Waals surface area (Å²) in [4.78, 5) is 77.7. The average Bonchev–Trinajstić information content (AvgIpc) is 3.63. The van der Waals surface area contributed by atoms with Crippen LogP contribution in [0, 0.1) is 44.3 Å². The average molecular weight is 868 g/mol. The van der Waals surface area contributed by atoms with Gasteiger partial charge in [-0.15, -0.1) is 6.58 Å². The molecule has 7 atom stereocenters. The molecule has 3 aliphatic heterocycles. The Hall–Kier alpha value is -2.64. The lowest BCUT2D eigenvalue weighted by Crippen LogP contribution is -2.59. The summed E-state index contributed by atoms with van der Waals surface area (Å²) in [7, 11) is -4.07. The van der Waals surface area contributed by atoms with Gasteiger partial charge in [-0.3, -0.25) is 28.9 Å². The fourth-order valence-corrected chi connectivity index (χ4v) is 14.9. The van der Waals surface area contributed by atoms with Crippen molar-refractivity contribution in [2.45, 2.75) is 189 Å². The van der Waals surface area contributed by atoms with Crippen LogP contribution >= 0.6 is 0 Å². The van der Waals surface area contributed by atoms with Crippen molar-refractivity contribution in [1.29, 1.82) is 0 Å². The van der Waals surface area contributed by atoms with Crippen molar-refractivity contribution in [2.75, 3.05) is 26.2 Å². The van der Waals surface area contributed by atoms with Crippen LogP contribution < -0.4 is 10.0 Å². The Morgan fingerprint density at radius 2 is 1.46 bits per heavy atom. The summed E-state index contributed by atoms with van der Waals surface area (Å²) in [5, 5.41) is 3.32. The van der Waals surface area contributed by atoms with Gasteiger partial charge < -0.3 is 10.2 Å². The predicted molar refractivity (Wildman–Crippen MR) is 236 cm³/mol. The van der Waals surface area contributed by atoms with Crippen LogP contribution in [0.25, 0.3) is 0 Å². The van der Waals surface area contributed by atoms with Gasteiger partial charge in [-0.25, -0.2) is 4.72 Å². The van der Waals surface area contributed by atoms with Gasteiger partial charge in [-0.2, -0.15) is 12.7 Å². The zero-order valence-corrected chi connectivity index (χ0v) is 39.5. The van der Waals surface area contributed by atoms with Crippen molar-refractivity contribution in [3.05, 3.63) is 12.7 Å². The monoisotopic (exact) mass is 868 g/mol. The molecule has 4 aliphatic carbocycles. The van der Waals surface area contributed by atoms with Crippen molar-refractivity contribution in [1.82, 2.24) is 24.1 Å². The molecule has 0 radical (unpaired) electrons. The van der Waals surface area contributed by atoms with Crippen molar-refractivity contribution in [3.8, 4) is 0 Å². The second-order valence-electron chi connectivity index (χ2n) is 22.8. The standard InChI is InChI=1S/C48H77N5O7S/c1-10-33-28-46(33,42(58)50-61(59,60)51-24-16-17-25-51)30-38(55)36-29-48(44(7,8)47(48)22-18-23-47)31-53(36)41(57)34(43(4,5)6)27-37(54)39(45(9)20-13-11-14-21-45)49-40(56)35-19-12-15-26-52(35)32(2)3/h10,32-36,39H,1,11-31H2,2-9H3,(H,49,56)(H,50,58)/t33-,34-,35?,36+,39-,46-,48-/m1/s1. The summed E-state index contributed by atoms with van der Waals surface area (Å²) in [6.07, 6.45) is 14.3. The Bertz CT molecular complexity index is 1870. The van der Waals surface area contributed by atoms with E-state index >= 15 is 9.59 Å². The molecule has 61 heavy (non-hydrogen) atoms. The number of likely N-dealkylation sites (tertiary alicyclic amines) is 2. The van der Waals surface area contributed by atoms with Crippen LogP contribution in [0.1, 0.15) is 165 Å². The number of hydrogen-bond donors (Lipinski definition) is 2. The number of amides is 3. The molecule has 0 bridgehead atoms. The third-order valence-electron chi connectivity index (χ3n) is 18.0. The van der Waals surface area contributed by atoms with Crippen LogP contribution in [0.3, 0.4) is 0 Å². The Kier molecular flexibility index (Phi) is 12.5. The maximum atomic E-state index is 15.5. The van der Waals surface area contributed by atoms with E-state index in [1.165, 1.54) is 4.31 Å². The van der Waals surface area contributed by atoms with Gasteiger partial charge in [0.1, 0.15) is 0 Å². The van der Waals surface area contributed by atoms with Crippen LogP contribution in [0.15, 0.2) is 12.7 Å². The highest BCUT2D eigenvalue weighted by Crippen LogP contribution is 2.88. The minimum atomic E-state index is -4.07. The number of allylic oxidation sites excluding steroid dienone is 1. The van der Waals surface area contributed by atoms with Gasteiger partial charge in [0.15, 0.2) is 11.6 Å². The molecule has 7 aliphatic rings. The van der Waals surface area contributed by atoms with E-state index in [4.69, 9.17) is 0 Å². The fourth-order valence-electron chi connectivity index (χ4n) is 13.6. The summed E-state index contributed by atoms with van der Waals surface area (Å²) in [6.45, 7) is 22.7. The van der Waals surface area contributed by atoms with E-state index in [-0.39, 0.29) is 70.5 Å². The van der Waals surface area contributed by atoms with Crippen molar-refractivity contribution in [2.24, 2.45) is 44.3 Å². The zero-order chi connectivity index (χ0) is 44.6. The van der Waals surface area contributed by atoms with E-state index in [0.717, 1.165) is 90.0 Å². The SMILES string of the molecule is C=C[C@@H]1C[C@]1(CC(=O)[C@@H]1C[C@@]2(CN1C(=O)[C@@H](CC(=O)[C@@H](NC(=O)C1CCCCN1C(C)C)C1(C)CCCCC1)C(C)(C)C)C(C)(C)C21CCC1)C(=O)NS(=O)(=O)N1CCCC1. The Balaban J connectivity index is 1.17. The molecule has 2 N–H and O–H groups in total. The van der Waals surface area contributed by atoms with Crippen molar-refractivity contribution in [3.63, 3.8) is 0 Å². The largest absolute Gasteiger partial charge is 0.344 e. The summed E-state index contributed by atoms with van der Waals surface area (Å²) < 4.78 is 30.1.